The van der Waals surface area contributed by atoms with E-state index >= 15 is 0 Å². The van der Waals surface area contributed by atoms with Gasteiger partial charge in [0.05, 0.1) is 0 Å². The van der Waals surface area contributed by atoms with Gasteiger partial charge in [0.1, 0.15) is 0 Å². The molecule has 0 spiro atoms. The molecule has 0 N–H and O–H groups in total. The van der Waals surface area contributed by atoms with Gasteiger partial charge in [-0.25, -0.2) is 0 Å². The van der Waals surface area contributed by atoms with E-state index in [1.165, 1.54) is 23.1 Å². The molecule has 4 heteroatoms. The Balaban J connectivity index is 3.77. The first-order valence-corrected chi connectivity index (χ1v) is 8.75. The van der Waals surface area contributed by atoms with Gasteiger partial charge in [0, 0.05) is 17.2 Å². The minimum Gasteiger partial charge on any atom is -0.158 e. The summed E-state index contributed by atoms with van der Waals surface area (Å²) in [5.41, 5.74) is 12.5. The van der Waals surface area contributed by atoms with Gasteiger partial charge in [-0.1, -0.05) is 40.1 Å². The summed E-state index contributed by atoms with van der Waals surface area (Å²) in [6.07, 6.45) is 11.5. The number of hydrogen-bond acceptors (Lipinski definition) is 2. The Morgan fingerprint density at radius 3 is 2.24 bits per heavy atom. The van der Waals surface area contributed by atoms with Crippen molar-refractivity contribution in [3.05, 3.63) is 45.4 Å². The molecule has 0 unspecified atom stereocenters. The fraction of sp³-hybridized carbons (Fsp3) is 0.647. The smallest absolute Gasteiger partial charge is 0.0348 e. The molecule has 0 fully saturated rings. The summed E-state index contributed by atoms with van der Waals surface area (Å²) in [4.78, 5) is 2.74. The van der Waals surface area contributed by atoms with Gasteiger partial charge in [0.2, 0.25) is 0 Å². The lowest BCUT2D eigenvalue weighted by atomic mass is 10.1. The molecule has 0 rings (SSSR count). The molecule has 3 nitrogen and oxygen atoms in total. The van der Waals surface area contributed by atoms with Crippen LogP contribution in [0.1, 0.15) is 53.4 Å². The van der Waals surface area contributed by atoms with Gasteiger partial charge in [-0.3, -0.25) is 0 Å². The van der Waals surface area contributed by atoms with Gasteiger partial charge in [-0.2, -0.15) is 11.8 Å². The average molecular weight is 308 g/mol. The van der Waals surface area contributed by atoms with Crippen LogP contribution in [-0.2, 0) is 0 Å². The first-order valence-electron chi connectivity index (χ1n) is 7.59. The normalized spacial score (nSPS) is 12.0. The standard InChI is InChI=1S/C17H29N3S/c1-15(2)7-5-8-16(3)9-6-10-17(4)11-13-21-14-12-19-20-18/h7,9,11H,5-6,8,10,12-14H2,1-4H3/b16-9+,17-11+. The van der Waals surface area contributed by atoms with Crippen molar-refractivity contribution >= 4 is 11.8 Å². The quantitative estimate of drug-likeness (QED) is 0.142. The Morgan fingerprint density at radius 2 is 1.62 bits per heavy atom. The summed E-state index contributed by atoms with van der Waals surface area (Å²) in [6.45, 7) is 9.31. The average Bonchev–Trinajstić information content (AvgIpc) is 2.42. The number of azide groups is 1. The molecular formula is C17H29N3S. The Bertz CT molecular complexity index is 412. The van der Waals surface area contributed by atoms with E-state index in [0.717, 1.165) is 30.8 Å². The van der Waals surface area contributed by atoms with E-state index in [1.807, 2.05) is 11.8 Å². The van der Waals surface area contributed by atoms with Crippen molar-refractivity contribution in [3.63, 3.8) is 0 Å². The van der Waals surface area contributed by atoms with E-state index in [0.29, 0.717) is 6.54 Å². The molecule has 0 saturated carbocycles. The van der Waals surface area contributed by atoms with Gasteiger partial charge in [-0.15, -0.1) is 0 Å². The Morgan fingerprint density at radius 1 is 1.00 bits per heavy atom. The summed E-state index contributed by atoms with van der Waals surface area (Å²) >= 11 is 1.81. The largest absolute Gasteiger partial charge is 0.158 e. The second-order valence-electron chi connectivity index (χ2n) is 5.49. The maximum absolute atomic E-state index is 8.16. The van der Waals surface area contributed by atoms with Gasteiger partial charge >= 0.3 is 0 Å². The summed E-state index contributed by atoms with van der Waals surface area (Å²) in [6, 6.07) is 0. The molecule has 0 aromatic rings. The third-order valence-corrected chi connectivity index (χ3v) is 3.94. The van der Waals surface area contributed by atoms with E-state index in [9.17, 15) is 0 Å². The molecular weight excluding hydrogens is 278 g/mol. The highest BCUT2D eigenvalue weighted by Gasteiger charge is 1.92. The van der Waals surface area contributed by atoms with E-state index < -0.39 is 0 Å². The highest BCUT2D eigenvalue weighted by Crippen LogP contribution is 2.12. The van der Waals surface area contributed by atoms with Crippen LogP contribution in [0.5, 0.6) is 0 Å². The second-order valence-corrected chi connectivity index (χ2v) is 6.64. The lowest BCUT2D eigenvalue weighted by Crippen LogP contribution is -1.86. The summed E-state index contributed by atoms with van der Waals surface area (Å²) in [5, 5.41) is 3.52. The molecule has 0 radical (unpaired) electrons. The second kappa shape index (κ2) is 13.8. The van der Waals surface area contributed by atoms with Crippen molar-refractivity contribution in [1.82, 2.24) is 0 Å². The fourth-order valence-corrected chi connectivity index (χ4v) is 2.55. The number of rotatable bonds is 11. The first-order chi connectivity index (χ1) is 10.1. The minimum absolute atomic E-state index is 0.585. The van der Waals surface area contributed by atoms with E-state index in [2.05, 4.69) is 55.9 Å². The van der Waals surface area contributed by atoms with Crippen LogP contribution >= 0.6 is 11.8 Å². The molecule has 0 amide bonds. The molecule has 0 aliphatic heterocycles. The molecule has 0 heterocycles. The zero-order chi connectivity index (χ0) is 15.9. The van der Waals surface area contributed by atoms with Crippen molar-refractivity contribution in [2.45, 2.75) is 53.4 Å². The summed E-state index contributed by atoms with van der Waals surface area (Å²) in [5.74, 6) is 1.91. The molecule has 0 atom stereocenters. The van der Waals surface area contributed by atoms with E-state index in [4.69, 9.17) is 5.53 Å². The van der Waals surface area contributed by atoms with E-state index in [1.54, 1.807) is 0 Å². The van der Waals surface area contributed by atoms with Crippen molar-refractivity contribution in [1.29, 1.82) is 0 Å². The van der Waals surface area contributed by atoms with Crippen LogP contribution in [0.25, 0.3) is 10.4 Å². The number of hydrogen-bond donors (Lipinski definition) is 0. The highest BCUT2D eigenvalue weighted by atomic mass is 32.2. The van der Waals surface area contributed by atoms with Gasteiger partial charge in [-0.05, 0) is 64.7 Å². The van der Waals surface area contributed by atoms with Crippen molar-refractivity contribution in [2.24, 2.45) is 5.11 Å². The van der Waals surface area contributed by atoms with Crippen LogP contribution in [-0.4, -0.2) is 18.1 Å². The summed E-state index contributed by atoms with van der Waals surface area (Å²) < 4.78 is 0. The zero-order valence-corrected chi connectivity index (χ0v) is 14.7. The number of allylic oxidation sites excluding steroid dienone is 5. The van der Waals surface area contributed by atoms with Crippen molar-refractivity contribution in [3.8, 4) is 0 Å². The molecule has 0 saturated heterocycles. The van der Waals surface area contributed by atoms with Crippen LogP contribution in [0.2, 0.25) is 0 Å². The number of thioether (sulfide) groups is 1. The van der Waals surface area contributed by atoms with Crippen molar-refractivity contribution in [2.75, 3.05) is 18.1 Å². The van der Waals surface area contributed by atoms with Crippen molar-refractivity contribution < 1.29 is 0 Å². The third-order valence-electron chi connectivity index (χ3n) is 3.07. The maximum atomic E-state index is 8.16. The molecule has 0 aromatic heterocycles. The molecule has 21 heavy (non-hydrogen) atoms. The Hall–Kier alpha value is -1.12. The molecule has 118 valence electrons. The third kappa shape index (κ3) is 15.1. The fourth-order valence-electron chi connectivity index (χ4n) is 1.77. The van der Waals surface area contributed by atoms with Gasteiger partial charge in [0.15, 0.2) is 0 Å². The topological polar surface area (TPSA) is 48.8 Å². The minimum atomic E-state index is 0.585. The molecule has 0 aliphatic carbocycles. The van der Waals surface area contributed by atoms with Gasteiger partial charge < -0.3 is 0 Å². The summed E-state index contributed by atoms with van der Waals surface area (Å²) in [7, 11) is 0. The number of nitrogens with zero attached hydrogens (tertiary/aromatic N) is 3. The first kappa shape index (κ1) is 19.9. The lowest BCUT2D eigenvalue weighted by Gasteiger charge is -2.01. The Labute approximate surface area is 134 Å². The van der Waals surface area contributed by atoms with Gasteiger partial charge in [0.25, 0.3) is 0 Å². The maximum Gasteiger partial charge on any atom is 0.0348 e. The SMILES string of the molecule is CC(C)=CCC/C(C)=C/CC/C(C)=C/CSCCN=[N+]=[N-]. The Kier molecular flexibility index (Phi) is 13.1. The highest BCUT2D eigenvalue weighted by molar-refractivity contribution is 7.99. The monoisotopic (exact) mass is 307 g/mol. The van der Waals surface area contributed by atoms with Crippen LogP contribution in [0, 0.1) is 0 Å². The predicted octanol–water partition coefficient (Wildman–Crippen LogP) is 6.45. The predicted molar refractivity (Wildman–Crippen MR) is 96.8 cm³/mol. The molecule has 0 aliphatic rings. The van der Waals surface area contributed by atoms with Crippen LogP contribution in [0.15, 0.2) is 40.1 Å². The van der Waals surface area contributed by atoms with Crippen LogP contribution in [0.4, 0.5) is 0 Å². The van der Waals surface area contributed by atoms with E-state index in [-0.39, 0.29) is 0 Å². The molecule has 0 aromatic carbocycles. The zero-order valence-electron chi connectivity index (χ0n) is 13.9. The molecule has 0 bridgehead atoms. The van der Waals surface area contributed by atoms with Crippen LogP contribution in [0.3, 0.4) is 0 Å². The van der Waals surface area contributed by atoms with Crippen LogP contribution < -0.4 is 0 Å². The lowest BCUT2D eigenvalue weighted by molar-refractivity contribution is 0.917.